The number of benzene rings is 1. The summed E-state index contributed by atoms with van der Waals surface area (Å²) in [7, 11) is 0. The Bertz CT molecular complexity index is 1100. The number of hydrogen-bond donors (Lipinski definition) is 0. The molecule has 0 N–H and O–H groups in total. The number of nitrogens with zero attached hydrogens (tertiary/aromatic N) is 2. The molecule has 4 rings (SSSR count). The van der Waals surface area contributed by atoms with Crippen LogP contribution in [0.15, 0.2) is 52.0 Å². The lowest BCUT2D eigenvalue weighted by Crippen LogP contribution is -2.06. The highest BCUT2D eigenvalue weighted by Crippen LogP contribution is 2.45. The summed E-state index contributed by atoms with van der Waals surface area (Å²) < 4.78 is 5.72. The summed E-state index contributed by atoms with van der Waals surface area (Å²) in [5, 5.41) is 4.22. The summed E-state index contributed by atoms with van der Waals surface area (Å²) in [5.74, 6) is 0.770. The fourth-order valence-corrected chi connectivity index (χ4v) is 4.74. The minimum Gasteiger partial charge on any atom is -0.358 e. The van der Waals surface area contributed by atoms with E-state index in [1.165, 1.54) is 10.4 Å². The van der Waals surface area contributed by atoms with Gasteiger partial charge in [0.1, 0.15) is 6.04 Å². The zero-order chi connectivity index (χ0) is 19.8. The molecule has 0 spiro atoms. The molecule has 1 atom stereocenters. The molecule has 0 unspecified atom stereocenters. The number of aryl methyl sites for hydroxylation is 2. The summed E-state index contributed by atoms with van der Waals surface area (Å²) in [5.41, 5.74) is 6.21. The molecule has 3 aromatic rings. The van der Waals surface area contributed by atoms with Gasteiger partial charge in [0.25, 0.3) is 0 Å². The number of hydrogen-bond acceptors (Lipinski definition) is 5. The maximum Gasteiger partial charge on any atom is 0.174 e. The van der Waals surface area contributed by atoms with E-state index < -0.39 is 0 Å². The molecule has 28 heavy (non-hydrogen) atoms. The third-order valence-electron chi connectivity index (χ3n) is 5.14. The standard InChI is InChI=1S/C23H22N2O2S/c1-5-17(26)11-12-18-22-20(14(3)25-27-22)23-19(13(2)15(4)28-23)21(24-18)16-9-7-6-8-10-16/h6-12,18H,5H2,1-4H3/b12-11+/t18-/m0/s1. The molecule has 1 aliphatic heterocycles. The van der Waals surface area contributed by atoms with E-state index in [4.69, 9.17) is 9.52 Å². The van der Waals surface area contributed by atoms with E-state index in [9.17, 15) is 4.79 Å². The Balaban J connectivity index is 2.01. The molecule has 0 saturated carbocycles. The molecule has 142 valence electrons. The van der Waals surface area contributed by atoms with E-state index in [1.807, 2.05) is 38.1 Å². The number of thiophene rings is 1. The molecule has 0 radical (unpaired) electrons. The lowest BCUT2D eigenvalue weighted by Gasteiger charge is -2.10. The fourth-order valence-electron chi connectivity index (χ4n) is 3.48. The summed E-state index contributed by atoms with van der Waals surface area (Å²) >= 11 is 1.75. The van der Waals surface area contributed by atoms with Gasteiger partial charge in [-0.05, 0) is 38.5 Å². The summed E-state index contributed by atoms with van der Waals surface area (Å²) in [6.07, 6.45) is 3.90. The maximum absolute atomic E-state index is 11.9. The average molecular weight is 391 g/mol. The molecule has 0 saturated heterocycles. The Kier molecular flexibility index (Phi) is 4.85. The van der Waals surface area contributed by atoms with Gasteiger partial charge in [0.05, 0.1) is 17.0 Å². The van der Waals surface area contributed by atoms with Crippen LogP contribution in [-0.4, -0.2) is 16.7 Å². The van der Waals surface area contributed by atoms with Crippen LogP contribution < -0.4 is 0 Å². The summed E-state index contributed by atoms with van der Waals surface area (Å²) in [6.45, 7) is 8.09. The second-order valence-electron chi connectivity index (χ2n) is 6.96. The van der Waals surface area contributed by atoms with E-state index in [2.05, 4.69) is 31.1 Å². The first-order chi connectivity index (χ1) is 13.5. The van der Waals surface area contributed by atoms with Crippen molar-refractivity contribution in [3.63, 3.8) is 0 Å². The van der Waals surface area contributed by atoms with Crippen LogP contribution >= 0.6 is 11.3 Å². The first kappa shape index (κ1) is 18.6. The highest BCUT2D eigenvalue weighted by atomic mass is 32.1. The molecule has 0 fully saturated rings. The van der Waals surface area contributed by atoms with Crippen molar-refractivity contribution in [3.05, 3.63) is 75.5 Å². The van der Waals surface area contributed by atoms with E-state index in [0.29, 0.717) is 12.2 Å². The van der Waals surface area contributed by atoms with Crippen molar-refractivity contribution in [2.24, 2.45) is 4.99 Å². The van der Waals surface area contributed by atoms with Crippen LogP contribution in [0.3, 0.4) is 0 Å². The Morgan fingerprint density at radius 3 is 2.64 bits per heavy atom. The van der Waals surface area contributed by atoms with Gasteiger partial charge in [-0.3, -0.25) is 9.79 Å². The molecule has 2 aromatic heterocycles. The van der Waals surface area contributed by atoms with Crippen molar-refractivity contribution >= 4 is 22.8 Å². The Hall–Kier alpha value is -2.79. The number of ketones is 1. The highest BCUT2D eigenvalue weighted by Gasteiger charge is 2.32. The van der Waals surface area contributed by atoms with Crippen LogP contribution in [0, 0.1) is 20.8 Å². The van der Waals surface area contributed by atoms with Crippen LogP contribution in [0.25, 0.3) is 10.4 Å². The number of carbonyl (C=O) groups is 1. The van der Waals surface area contributed by atoms with Crippen molar-refractivity contribution in [1.82, 2.24) is 5.16 Å². The quantitative estimate of drug-likeness (QED) is 0.533. The lowest BCUT2D eigenvalue weighted by atomic mass is 9.96. The van der Waals surface area contributed by atoms with Gasteiger partial charge in [-0.15, -0.1) is 11.3 Å². The Labute approximate surface area is 168 Å². The summed E-state index contributed by atoms with van der Waals surface area (Å²) in [4.78, 5) is 19.4. The third-order valence-corrected chi connectivity index (χ3v) is 6.36. The molecule has 1 aromatic carbocycles. The van der Waals surface area contributed by atoms with Gasteiger partial charge in [-0.1, -0.05) is 42.4 Å². The number of aliphatic imine (C=N–C) groups is 1. The molecular formula is C23H22N2O2S. The van der Waals surface area contributed by atoms with E-state index >= 15 is 0 Å². The van der Waals surface area contributed by atoms with Gasteiger partial charge in [-0.25, -0.2) is 0 Å². The minimum absolute atomic E-state index is 0.0697. The molecule has 5 heteroatoms. The first-order valence-electron chi connectivity index (χ1n) is 9.42. The van der Waals surface area contributed by atoms with Crippen molar-refractivity contribution < 1.29 is 9.32 Å². The lowest BCUT2D eigenvalue weighted by molar-refractivity contribution is -0.114. The van der Waals surface area contributed by atoms with Crippen molar-refractivity contribution in [2.45, 2.75) is 40.2 Å². The van der Waals surface area contributed by atoms with Crippen LogP contribution in [0.1, 0.15) is 52.4 Å². The minimum atomic E-state index is -0.388. The number of aromatic nitrogens is 1. The molecule has 1 aliphatic rings. The molecular weight excluding hydrogens is 368 g/mol. The maximum atomic E-state index is 11.9. The van der Waals surface area contributed by atoms with Crippen LogP contribution in [0.4, 0.5) is 0 Å². The zero-order valence-electron chi connectivity index (χ0n) is 16.4. The molecule has 0 aliphatic carbocycles. The summed E-state index contributed by atoms with van der Waals surface area (Å²) in [6, 6.07) is 9.81. The number of allylic oxidation sites excluding steroid dienone is 1. The SMILES string of the molecule is CCC(=O)/C=C/[C@@H]1N=C(c2ccccc2)c2c(sc(C)c2C)-c2c(C)noc21. The third kappa shape index (κ3) is 3.06. The van der Waals surface area contributed by atoms with Crippen molar-refractivity contribution in [3.8, 4) is 10.4 Å². The van der Waals surface area contributed by atoms with Gasteiger partial charge in [0, 0.05) is 27.3 Å². The fraction of sp³-hybridized carbons (Fsp3) is 0.261. The van der Waals surface area contributed by atoms with Gasteiger partial charge < -0.3 is 4.52 Å². The number of rotatable bonds is 4. The molecule has 0 bridgehead atoms. The zero-order valence-corrected chi connectivity index (χ0v) is 17.3. The Morgan fingerprint density at radius 1 is 1.18 bits per heavy atom. The van der Waals surface area contributed by atoms with Gasteiger partial charge in [-0.2, -0.15) is 0 Å². The van der Waals surface area contributed by atoms with E-state index in [0.717, 1.165) is 33.0 Å². The first-order valence-corrected chi connectivity index (χ1v) is 10.2. The largest absolute Gasteiger partial charge is 0.358 e. The van der Waals surface area contributed by atoms with Crippen LogP contribution in [-0.2, 0) is 4.79 Å². The second-order valence-corrected chi connectivity index (χ2v) is 8.19. The molecule has 4 nitrogen and oxygen atoms in total. The van der Waals surface area contributed by atoms with Crippen LogP contribution in [0.2, 0.25) is 0 Å². The van der Waals surface area contributed by atoms with Crippen molar-refractivity contribution in [1.29, 1.82) is 0 Å². The van der Waals surface area contributed by atoms with E-state index in [-0.39, 0.29) is 11.8 Å². The molecule has 3 heterocycles. The normalized spacial score (nSPS) is 15.9. The van der Waals surface area contributed by atoms with Gasteiger partial charge >= 0.3 is 0 Å². The molecule has 0 amide bonds. The van der Waals surface area contributed by atoms with Gasteiger partial charge in [0.2, 0.25) is 0 Å². The van der Waals surface area contributed by atoms with E-state index in [1.54, 1.807) is 17.4 Å². The van der Waals surface area contributed by atoms with Crippen LogP contribution in [0.5, 0.6) is 0 Å². The highest BCUT2D eigenvalue weighted by molar-refractivity contribution is 7.16. The van der Waals surface area contributed by atoms with Crippen molar-refractivity contribution in [2.75, 3.05) is 0 Å². The predicted molar refractivity (Wildman–Crippen MR) is 113 cm³/mol. The Morgan fingerprint density at radius 2 is 1.93 bits per heavy atom. The predicted octanol–water partition coefficient (Wildman–Crippen LogP) is 5.76. The number of carbonyl (C=O) groups excluding carboxylic acids is 1. The topological polar surface area (TPSA) is 55.5 Å². The monoisotopic (exact) mass is 390 g/mol. The number of fused-ring (bicyclic) bond motifs is 3. The smallest absolute Gasteiger partial charge is 0.174 e. The average Bonchev–Trinajstić information content (AvgIpc) is 3.17. The second kappa shape index (κ2) is 7.32. The van der Waals surface area contributed by atoms with Gasteiger partial charge in [0.15, 0.2) is 11.5 Å².